The molecule has 45 heavy (non-hydrogen) atoms. The van der Waals surface area contributed by atoms with Gasteiger partial charge in [0.2, 0.25) is 0 Å². The van der Waals surface area contributed by atoms with Crippen LogP contribution < -0.4 is 38.9 Å². The van der Waals surface area contributed by atoms with Gasteiger partial charge in [-0.1, -0.05) is 0 Å². The van der Waals surface area contributed by atoms with Crippen LogP contribution in [-0.4, -0.2) is 20.0 Å². The maximum absolute atomic E-state index is 3.58. The third-order valence-corrected chi connectivity index (χ3v) is 22.2. The van der Waals surface area contributed by atoms with Crippen LogP contribution in [0.5, 0.6) is 0 Å². The predicted molar refractivity (Wildman–Crippen MR) is 194 cm³/mol. The fourth-order valence-electron chi connectivity index (χ4n) is 10.0. The molecule has 3 heteroatoms. The molecule has 0 saturated heterocycles. The van der Waals surface area contributed by atoms with Crippen LogP contribution in [0.3, 0.4) is 0 Å². The van der Waals surface area contributed by atoms with Crippen molar-refractivity contribution >= 4 is 71.0 Å². The van der Waals surface area contributed by atoms with Crippen LogP contribution in [0.4, 0.5) is 17.1 Å². The van der Waals surface area contributed by atoms with Gasteiger partial charge >= 0.3 is 270 Å². The summed E-state index contributed by atoms with van der Waals surface area (Å²) in [6.45, 7) is 10.2. The standard InChI is InChI=1S/C42H34BGeN/c1-41(2)28-17-12-18-29-38(28)43-39-30(41)19-13-23-34(39)44(35-24-14-20-31(40(35)43)42(29,3)4)32-21-8-10-25-36(32)45(27-15-6-5-7-16-27)37-26-11-9-22-33(37)44/h5-26H,1-4H3. The molecule has 0 amide bonds. The van der Waals surface area contributed by atoms with Crippen molar-refractivity contribution in [1.82, 2.24) is 0 Å². The molecule has 4 aliphatic rings. The minimum absolute atomic E-state index is 0.0831. The molecular weight excluding hydrogens is 602 g/mol. The first-order valence-corrected chi connectivity index (χ1v) is 20.5. The van der Waals surface area contributed by atoms with Crippen LogP contribution in [0.2, 0.25) is 0 Å². The van der Waals surface area contributed by atoms with Crippen molar-refractivity contribution in [3.8, 4) is 0 Å². The first kappa shape index (κ1) is 26.0. The molecule has 0 atom stereocenters. The van der Waals surface area contributed by atoms with Gasteiger partial charge in [-0.3, -0.25) is 0 Å². The zero-order chi connectivity index (χ0) is 30.3. The molecule has 6 aromatic rings. The topological polar surface area (TPSA) is 3.24 Å². The number of hydrogen-bond donors (Lipinski definition) is 0. The SMILES string of the molecule is CC1(C)c2cccc3c2B2c4c1ccc[c]4[Ge]1([c]4ccccc4N(c4ccccc4)c4cccc[c]41)[c]1cccc(c12)C3(C)C. The van der Waals surface area contributed by atoms with E-state index >= 15 is 0 Å². The summed E-state index contributed by atoms with van der Waals surface area (Å²) in [5.74, 6) is 0. The fourth-order valence-corrected chi connectivity index (χ4v) is 21.9. The Hall–Kier alpha value is -4.27. The number of anilines is 3. The van der Waals surface area contributed by atoms with Gasteiger partial charge in [-0.2, -0.15) is 0 Å². The van der Waals surface area contributed by atoms with E-state index in [4.69, 9.17) is 0 Å². The average molecular weight is 636 g/mol. The fraction of sp³-hybridized carbons (Fsp3) is 0.143. The van der Waals surface area contributed by atoms with Gasteiger partial charge in [0.1, 0.15) is 0 Å². The molecule has 0 aromatic heterocycles. The van der Waals surface area contributed by atoms with E-state index in [2.05, 4.69) is 166 Å². The van der Waals surface area contributed by atoms with Gasteiger partial charge in [-0.25, -0.2) is 0 Å². The van der Waals surface area contributed by atoms with Gasteiger partial charge in [0.15, 0.2) is 0 Å². The number of nitrogens with zero attached hydrogens (tertiary/aromatic N) is 1. The molecule has 0 fully saturated rings. The summed E-state index contributed by atoms with van der Waals surface area (Å²) in [5.41, 5.74) is 14.6. The van der Waals surface area contributed by atoms with Crippen molar-refractivity contribution in [2.75, 3.05) is 4.90 Å². The number of benzene rings is 6. The maximum atomic E-state index is 2.55. The van der Waals surface area contributed by atoms with Crippen LogP contribution >= 0.6 is 0 Å². The molecule has 0 radical (unpaired) electrons. The van der Waals surface area contributed by atoms with Crippen molar-refractivity contribution < 1.29 is 0 Å². The first-order valence-electron chi connectivity index (χ1n) is 16.3. The number of rotatable bonds is 1. The van der Waals surface area contributed by atoms with E-state index in [1.165, 1.54) is 39.3 Å². The molecule has 0 aliphatic carbocycles. The Labute approximate surface area is 269 Å². The number of para-hydroxylation sites is 3. The van der Waals surface area contributed by atoms with Crippen molar-refractivity contribution in [2.45, 2.75) is 38.5 Å². The van der Waals surface area contributed by atoms with Crippen molar-refractivity contribution in [1.29, 1.82) is 0 Å². The van der Waals surface area contributed by atoms with Crippen LogP contribution in [0.1, 0.15) is 49.9 Å². The number of hydrogen-bond acceptors (Lipinski definition) is 1. The molecule has 4 heterocycles. The third-order valence-electron chi connectivity index (χ3n) is 11.8. The summed E-state index contributed by atoms with van der Waals surface area (Å²) in [7, 11) is 0. The molecule has 0 unspecified atom stereocenters. The van der Waals surface area contributed by atoms with Crippen LogP contribution in [0.25, 0.3) is 0 Å². The summed E-state index contributed by atoms with van der Waals surface area (Å²) in [5, 5.41) is 0. The summed E-state index contributed by atoms with van der Waals surface area (Å²) in [4.78, 5) is 2.53. The Morgan fingerprint density at radius 3 is 1.33 bits per heavy atom. The molecule has 214 valence electrons. The molecular formula is C42H34BGeN. The normalized spacial score (nSPS) is 17.8. The Bertz CT molecular complexity index is 2110. The zero-order valence-electron chi connectivity index (χ0n) is 26.2. The van der Waals surface area contributed by atoms with Crippen LogP contribution in [0, 0.1) is 0 Å². The van der Waals surface area contributed by atoms with E-state index in [0.29, 0.717) is 0 Å². The number of fused-ring (bicyclic) bond motifs is 6. The van der Waals surface area contributed by atoms with E-state index in [0.717, 1.165) is 0 Å². The molecule has 10 rings (SSSR count). The molecule has 1 spiro atoms. The molecule has 1 nitrogen and oxygen atoms in total. The van der Waals surface area contributed by atoms with E-state index in [-0.39, 0.29) is 17.5 Å². The Morgan fingerprint density at radius 2 is 0.822 bits per heavy atom. The first-order chi connectivity index (χ1) is 21.9. The van der Waals surface area contributed by atoms with E-state index in [1.807, 2.05) is 0 Å². The van der Waals surface area contributed by atoms with E-state index in [9.17, 15) is 0 Å². The van der Waals surface area contributed by atoms with Gasteiger partial charge in [-0.05, 0) is 0 Å². The molecule has 4 aliphatic heterocycles. The minimum atomic E-state index is -3.58. The average Bonchev–Trinajstić information content (AvgIpc) is 3.07. The summed E-state index contributed by atoms with van der Waals surface area (Å²) >= 11 is -3.58. The van der Waals surface area contributed by atoms with Crippen molar-refractivity contribution in [2.24, 2.45) is 0 Å². The van der Waals surface area contributed by atoms with Crippen molar-refractivity contribution in [3.63, 3.8) is 0 Å². The molecule has 6 aromatic carbocycles. The Balaban J connectivity index is 1.43. The van der Waals surface area contributed by atoms with Gasteiger partial charge in [-0.15, -0.1) is 0 Å². The quantitative estimate of drug-likeness (QED) is 0.231. The van der Waals surface area contributed by atoms with Gasteiger partial charge in [0.25, 0.3) is 0 Å². The Morgan fingerprint density at radius 1 is 0.422 bits per heavy atom. The van der Waals surface area contributed by atoms with E-state index < -0.39 is 13.3 Å². The van der Waals surface area contributed by atoms with Gasteiger partial charge in [0.05, 0.1) is 0 Å². The Kier molecular flexibility index (Phi) is 4.91. The van der Waals surface area contributed by atoms with Gasteiger partial charge in [0, 0.05) is 0 Å². The summed E-state index contributed by atoms with van der Waals surface area (Å²) in [6.07, 6.45) is 0. The third kappa shape index (κ3) is 2.90. The monoisotopic (exact) mass is 637 g/mol. The summed E-state index contributed by atoms with van der Waals surface area (Å²) < 4.78 is 6.34. The van der Waals surface area contributed by atoms with Crippen LogP contribution in [-0.2, 0) is 10.8 Å². The van der Waals surface area contributed by atoms with E-state index in [1.54, 1.807) is 34.0 Å². The van der Waals surface area contributed by atoms with Crippen molar-refractivity contribution in [3.05, 3.63) is 156 Å². The second-order valence-electron chi connectivity index (χ2n) is 14.4. The zero-order valence-corrected chi connectivity index (χ0v) is 28.3. The van der Waals surface area contributed by atoms with Crippen LogP contribution in [0.15, 0.2) is 133 Å². The summed E-state index contributed by atoms with van der Waals surface area (Å²) in [6, 6.07) is 51.7. The second-order valence-corrected chi connectivity index (χ2v) is 22.1. The molecule has 0 bridgehead atoms. The molecule has 0 saturated carbocycles. The predicted octanol–water partition coefficient (Wildman–Crippen LogP) is 4.96. The molecule has 0 N–H and O–H groups in total. The van der Waals surface area contributed by atoms with Gasteiger partial charge < -0.3 is 0 Å². The second kappa shape index (κ2) is 8.50.